The summed E-state index contributed by atoms with van der Waals surface area (Å²) in [5.41, 5.74) is 0.919. The maximum absolute atomic E-state index is 13.8. The highest BCUT2D eigenvalue weighted by Crippen LogP contribution is 2.11. The number of hydrogen-bond donors (Lipinski definition) is 2. The Labute approximate surface area is 129 Å². The standard InChI is InChI=1S/C16H17BFNO3/c1-2-19(11-12-6-4-3-5-7-12)16(20)13-8-9-14(17(21)22)15(18)10-13/h3-10,21-22H,2,11H2,1H3. The van der Waals surface area contributed by atoms with Crippen LogP contribution in [0.4, 0.5) is 4.39 Å². The Morgan fingerprint density at radius 3 is 2.41 bits per heavy atom. The highest BCUT2D eigenvalue weighted by Gasteiger charge is 2.20. The number of hydrogen-bond acceptors (Lipinski definition) is 3. The maximum Gasteiger partial charge on any atom is 0.491 e. The molecule has 0 bridgehead atoms. The zero-order valence-electron chi connectivity index (χ0n) is 12.2. The van der Waals surface area contributed by atoms with Crippen molar-refractivity contribution in [1.29, 1.82) is 0 Å². The molecule has 2 aromatic rings. The predicted octanol–water partition coefficient (Wildman–Crippen LogP) is 1.17. The van der Waals surface area contributed by atoms with Crippen LogP contribution in [0.3, 0.4) is 0 Å². The predicted molar refractivity (Wildman–Crippen MR) is 83.1 cm³/mol. The fraction of sp³-hybridized carbons (Fsp3) is 0.188. The highest BCUT2D eigenvalue weighted by molar-refractivity contribution is 6.58. The summed E-state index contributed by atoms with van der Waals surface area (Å²) in [7, 11) is -1.89. The lowest BCUT2D eigenvalue weighted by Crippen LogP contribution is -2.34. The molecule has 0 atom stereocenters. The Balaban J connectivity index is 2.20. The van der Waals surface area contributed by atoms with Crippen LogP contribution in [0.5, 0.6) is 0 Å². The molecule has 0 saturated carbocycles. The molecular formula is C16H17BFNO3. The Morgan fingerprint density at radius 1 is 1.18 bits per heavy atom. The van der Waals surface area contributed by atoms with Crippen molar-refractivity contribution < 1.29 is 19.2 Å². The zero-order valence-corrected chi connectivity index (χ0v) is 12.2. The molecule has 0 spiro atoms. The van der Waals surface area contributed by atoms with Gasteiger partial charge in [-0.05, 0) is 24.6 Å². The average molecular weight is 301 g/mol. The second kappa shape index (κ2) is 7.20. The normalized spacial score (nSPS) is 10.4. The van der Waals surface area contributed by atoms with Gasteiger partial charge in [0.15, 0.2) is 0 Å². The van der Waals surface area contributed by atoms with E-state index in [1.165, 1.54) is 12.1 Å². The van der Waals surface area contributed by atoms with Crippen LogP contribution in [0.2, 0.25) is 0 Å². The van der Waals surface area contributed by atoms with Crippen molar-refractivity contribution in [1.82, 2.24) is 4.90 Å². The molecule has 0 unspecified atom stereocenters. The first-order valence-corrected chi connectivity index (χ1v) is 7.01. The van der Waals surface area contributed by atoms with Crippen LogP contribution < -0.4 is 5.46 Å². The summed E-state index contributed by atoms with van der Waals surface area (Å²) in [5, 5.41) is 18.0. The number of rotatable bonds is 5. The van der Waals surface area contributed by atoms with E-state index in [4.69, 9.17) is 10.0 Å². The van der Waals surface area contributed by atoms with E-state index in [-0.39, 0.29) is 16.9 Å². The van der Waals surface area contributed by atoms with Gasteiger partial charge >= 0.3 is 7.12 Å². The van der Waals surface area contributed by atoms with Crippen LogP contribution >= 0.6 is 0 Å². The molecule has 4 nitrogen and oxygen atoms in total. The minimum absolute atomic E-state index is 0.180. The summed E-state index contributed by atoms with van der Waals surface area (Å²) in [6.45, 7) is 2.77. The van der Waals surface area contributed by atoms with E-state index < -0.39 is 12.9 Å². The van der Waals surface area contributed by atoms with Gasteiger partial charge in [-0.15, -0.1) is 0 Å². The second-order valence-electron chi connectivity index (χ2n) is 4.91. The van der Waals surface area contributed by atoms with Crippen molar-refractivity contribution in [2.75, 3.05) is 6.54 Å². The molecule has 2 rings (SSSR count). The third-order valence-corrected chi connectivity index (χ3v) is 3.41. The van der Waals surface area contributed by atoms with Crippen molar-refractivity contribution in [2.45, 2.75) is 13.5 Å². The third-order valence-electron chi connectivity index (χ3n) is 3.41. The third kappa shape index (κ3) is 3.72. The monoisotopic (exact) mass is 301 g/mol. The van der Waals surface area contributed by atoms with Crippen molar-refractivity contribution in [3.8, 4) is 0 Å². The second-order valence-corrected chi connectivity index (χ2v) is 4.91. The van der Waals surface area contributed by atoms with Gasteiger partial charge in [0.25, 0.3) is 5.91 Å². The minimum atomic E-state index is -1.89. The molecule has 22 heavy (non-hydrogen) atoms. The van der Waals surface area contributed by atoms with E-state index in [2.05, 4.69) is 0 Å². The molecule has 0 aliphatic heterocycles. The lowest BCUT2D eigenvalue weighted by molar-refractivity contribution is 0.0752. The average Bonchev–Trinajstić information content (AvgIpc) is 2.52. The van der Waals surface area contributed by atoms with E-state index in [0.29, 0.717) is 13.1 Å². The lowest BCUT2D eigenvalue weighted by Gasteiger charge is -2.21. The molecule has 0 aromatic heterocycles. The lowest BCUT2D eigenvalue weighted by atomic mass is 9.79. The SMILES string of the molecule is CCN(Cc1ccccc1)C(=O)c1ccc(B(O)O)c(F)c1. The largest absolute Gasteiger partial charge is 0.491 e. The summed E-state index contributed by atoms with van der Waals surface area (Å²) >= 11 is 0. The van der Waals surface area contributed by atoms with Gasteiger partial charge in [-0.1, -0.05) is 36.4 Å². The smallest absolute Gasteiger partial charge is 0.423 e. The Kier molecular flexibility index (Phi) is 5.30. The first-order chi connectivity index (χ1) is 10.5. The van der Waals surface area contributed by atoms with Crippen LogP contribution in [0.15, 0.2) is 48.5 Å². The summed E-state index contributed by atoms with van der Waals surface area (Å²) < 4.78 is 13.8. The van der Waals surface area contributed by atoms with Crippen molar-refractivity contribution >= 4 is 18.5 Å². The number of amides is 1. The molecular weight excluding hydrogens is 284 g/mol. The highest BCUT2D eigenvalue weighted by atomic mass is 19.1. The number of carbonyl (C=O) groups excluding carboxylic acids is 1. The fourth-order valence-electron chi connectivity index (χ4n) is 2.18. The van der Waals surface area contributed by atoms with E-state index in [1.54, 1.807) is 4.90 Å². The Bertz CT molecular complexity index is 649. The number of benzene rings is 2. The quantitative estimate of drug-likeness (QED) is 0.815. The van der Waals surface area contributed by atoms with Gasteiger partial charge in [0.1, 0.15) is 5.82 Å². The van der Waals surface area contributed by atoms with Crippen LogP contribution in [0.1, 0.15) is 22.8 Å². The topological polar surface area (TPSA) is 60.8 Å². The minimum Gasteiger partial charge on any atom is -0.423 e. The zero-order chi connectivity index (χ0) is 16.1. The molecule has 0 aliphatic rings. The van der Waals surface area contributed by atoms with Gasteiger partial charge in [0.2, 0.25) is 0 Å². The van der Waals surface area contributed by atoms with Crippen LogP contribution in [-0.4, -0.2) is 34.5 Å². The molecule has 2 aromatic carbocycles. The first-order valence-electron chi connectivity index (χ1n) is 7.01. The Morgan fingerprint density at radius 2 is 1.86 bits per heavy atom. The number of carbonyl (C=O) groups is 1. The molecule has 0 fully saturated rings. The van der Waals surface area contributed by atoms with Gasteiger partial charge < -0.3 is 14.9 Å². The van der Waals surface area contributed by atoms with Gasteiger partial charge in [0, 0.05) is 24.1 Å². The first kappa shape index (κ1) is 16.2. The van der Waals surface area contributed by atoms with Gasteiger partial charge in [-0.25, -0.2) is 4.39 Å². The van der Waals surface area contributed by atoms with E-state index >= 15 is 0 Å². The molecule has 0 radical (unpaired) electrons. The van der Waals surface area contributed by atoms with Crippen molar-refractivity contribution in [3.05, 3.63) is 65.5 Å². The number of nitrogens with zero attached hydrogens (tertiary/aromatic N) is 1. The number of halogens is 1. The summed E-state index contributed by atoms with van der Waals surface area (Å²) in [5.74, 6) is -1.11. The molecule has 6 heteroatoms. The summed E-state index contributed by atoms with van der Waals surface area (Å²) in [4.78, 5) is 14.0. The summed E-state index contributed by atoms with van der Waals surface area (Å²) in [6.07, 6.45) is 0. The molecule has 0 aliphatic carbocycles. The fourth-order valence-corrected chi connectivity index (χ4v) is 2.18. The molecule has 0 saturated heterocycles. The van der Waals surface area contributed by atoms with Crippen LogP contribution in [0.25, 0.3) is 0 Å². The van der Waals surface area contributed by atoms with Gasteiger partial charge in [-0.2, -0.15) is 0 Å². The van der Waals surface area contributed by atoms with E-state index in [1.807, 2.05) is 37.3 Å². The Hall–Kier alpha value is -2.18. The van der Waals surface area contributed by atoms with Crippen LogP contribution in [-0.2, 0) is 6.54 Å². The van der Waals surface area contributed by atoms with Crippen LogP contribution in [0, 0.1) is 5.82 Å². The van der Waals surface area contributed by atoms with Crippen molar-refractivity contribution in [2.24, 2.45) is 0 Å². The van der Waals surface area contributed by atoms with E-state index in [0.717, 1.165) is 11.6 Å². The molecule has 1 amide bonds. The van der Waals surface area contributed by atoms with E-state index in [9.17, 15) is 9.18 Å². The molecule has 2 N–H and O–H groups in total. The summed E-state index contributed by atoms with van der Waals surface area (Å²) in [6, 6.07) is 13.2. The van der Waals surface area contributed by atoms with Gasteiger partial charge in [-0.3, -0.25) is 4.79 Å². The van der Waals surface area contributed by atoms with Gasteiger partial charge in [0.05, 0.1) is 0 Å². The van der Waals surface area contributed by atoms with Crippen molar-refractivity contribution in [3.63, 3.8) is 0 Å². The maximum atomic E-state index is 13.8. The molecule has 114 valence electrons. The molecule has 0 heterocycles.